The van der Waals surface area contributed by atoms with E-state index in [1.807, 2.05) is 30.5 Å². The fraction of sp³-hybridized carbons (Fsp3) is 0.462. The number of carbonyl (C=O) groups is 1. The first-order valence-electron chi connectivity index (χ1n) is 12.3. The number of carbonyl (C=O) groups excluding carboxylic acids is 1. The van der Waals surface area contributed by atoms with E-state index in [2.05, 4.69) is 52.1 Å². The van der Waals surface area contributed by atoms with Gasteiger partial charge in [-0.25, -0.2) is 0 Å². The number of rotatable bonds is 7. The van der Waals surface area contributed by atoms with Crippen LogP contribution in [0.15, 0.2) is 53.5 Å². The lowest BCUT2D eigenvalue weighted by molar-refractivity contribution is -0.128. The minimum atomic E-state index is -3.71. The van der Waals surface area contributed by atoms with Crippen LogP contribution in [0.3, 0.4) is 0 Å². The second-order valence-corrected chi connectivity index (χ2v) is 13.4. The molecule has 1 amide bonds. The normalized spacial score (nSPS) is 22.9. The van der Waals surface area contributed by atoms with Crippen molar-refractivity contribution in [2.24, 2.45) is 4.99 Å². The number of fused-ring (bicyclic) bond motifs is 3. The van der Waals surface area contributed by atoms with Gasteiger partial charge >= 0.3 is 9.15 Å². The first-order valence-corrected chi connectivity index (χ1v) is 15.2. The molecule has 37 heavy (non-hydrogen) atoms. The molecule has 2 fully saturated rings. The van der Waals surface area contributed by atoms with E-state index in [0.29, 0.717) is 43.6 Å². The fourth-order valence-corrected chi connectivity index (χ4v) is 6.99. The van der Waals surface area contributed by atoms with Gasteiger partial charge in [0.25, 0.3) is 0 Å². The van der Waals surface area contributed by atoms with Crippen LogP contribution in [0.25, 0.3) is 0 Å². The van der Waals surface area contributed by atoms with Crippen LogP contribution in [0.4, 0.5) is 17.1 Å². The molecule has 2 aromatic rings. The highest BCUT2D eigenvalue weighted by atomic mass is 33.1. The quantitative estimate of drug-likeness (QED) is 0.388. The van der Waals surface area contributed by atoms with E-state index < -0.39 is 14.9 Å². The molecule has 0 radical (unpaired) electrons. The molecule has 0 N–H and O–H groups in total. The second kappa shape index (κ2) is 9.94. The molecule has 2 saturated heterocycles. The van der Waals surface area contributed by atoms with Crippen LogP contribution in [-0.2, 0) is 28.3 Å². The number of piperazine rings is 1. The van der Waals surface area contributed by atoms with Gasteiger partial charge in [0, 0.05) is 60.3 Å². The molecule has 0 saturated carbocycles. The second-order valence-electron chi connectivity index (χ2n) is 9.82. The van der Waals surface area contributed by atoms with E-state index in [9.17, 15) is 13.2 Å². The first-order chi connectivity index (χ1) is 17.7. The lowest BCUT2D eigenvalue weighted by atomic mass is 9.78. The van der Waals surface area contributed by atoms with Crippen molar-refractivity contribution in [3.8, 4) is 0 Å². The van der Waals surface area contributed by atoms with Crippen LogP contribution >= 0.6 is 10.8 Å². The van der Waals surface area contributed by atoms with Crippen LogP contribution in [-0.4, -0.2) is 83.4 Å². The van der Waals surface area contributed by atoms with Crippen molar-refractivity contribution in [3.63, 3.8) is 0 Å². The number of anilines is 2. The molecule has 11 heteroatoms. The van der Waals surface area contributed by atoms with Crippen LogP contribution in [0.2, 0.25) is 0 Å². The topological polar surface area (TPSA) is 91.8 Å². The van der Waals surface area contributed by atoms with Gasteiger partial charge in [0.1, 0.15) is 0 Å². The summed E-state index contributed by atoms with van der Waals surface area (Å²) < 4.78 is 33.7. The van der Waals surface area contributed by atoms with Gasteiger partial charge in [-0.15, -0.1) is 0 Å². The molecule has 3 aliphatic rings. The number of hydrogen-bond donors (Lipinski definition) is 0. The Morgan fingerprint density at radius 2 is 1.78 bits per heavy atom. The summed E-state index contributed by atoms with van der Waals surface area (Å²) in [7, 11) is -2.11. The van der Waals surface area contributed by atoms with Gasteiger partial charge in [0.15, 0.2) is 5.72 Å². The Labute approximate surface area is 222 Å². The predicted molar refractivity (Wildman–Crippen MR) is 147 cm³/mol. The van der Waals surface area contributed by atoms with Crippen molar-refractivity contribution < 1.29 is 22.1 Å². The summed E-state index contributed by atoms with van der Waals surface area (Å²) in [4.78, 5) is 23.4. The maximum Gasteiger partial charge on any atom is 0.322 e. The summed E-state index contributed by atoms with van der Waals surface area (Å²) >= 11 is 0. The van der Waals surface area contributed by atoms with Crippen molar-refractivity contribution in [3.05, 3.63) is 54.1 Å². The Morgan fingerprint density at radius 1 is 1.08 bits per heavy atom. The van der Waals surface area contributed by atoms with Crippen LogP contribution in [0.1, 0.15) is 19.4 Å². The third-order valence-corrected chi connectivity index (χ3v) is 10.3. The zero-order valence-corrected chi connectivity index (χ0v) is 22.9. The van der Waals surface area contributed by atoms with E-state index in [-0.39, 0.29) is 17.1 Å². The first kappa shape index (κ1) is 26.0. The van der Waals surface area contributed by atoms with E-state index in [1.165, 1.54) is 11.3 Å². The summed E-state index contributed by atoms with van der Waals surface area (Å²) in [6.45, 7) is 8.36. The number of benzene rings is 2. The maximum absolute atomic E-state index is 12.4. The van der Waals surface area contributed by atoms with Gasteiger partial charge in [-0.1, -0.05) is 32.0 Å². The predicted octanol–water partition coefficient (Wildman–Crippen LogP) is 3.19. The third kappa shape index (κ3) is 4.73. The van der Waals surface area contributed by atoms with Gasteiger partial charge in [-0.2, -0.15) is 8.42 Å². The summed E-state index contributed by atoms with van der Waals surface area (Å²) in [5.74, 6) is -0.345. The summed E-state index contributed by atoms with van der Waals surface area (Å²) in [6.07, 6.45) is 1.96. The SMILES string of the molecule is COS(=O)(=O)SCC(=O)N1CCN(c2ccc(N=CC34OCCN3c3ccccc3C4(C)C)cc2)CC1. The van der Waals surface area contributed by atoms with E-state index >= 15 is 0 Å². The Bertz CT molecular complexity index is 1290. The van der Waals surface area contributed by atoms with Gasteiger partial charge in [-0.05, 0) is 35.9 Å². The standard InChI is InChI=1S/C26H32N4O5S2/c1-25(2)22-6-4-5-7-23(22)30-16-17-35-26(25,30)19-27-20-8-10-21(11-9-20)28-12-14-29(15-13-28)24(31)18-36-37(32,33)34-3/h4-11,19H,12-18H2,1-3H3. The van der Waals surface area contributed by atoms with Crippen molar-refractivity contribution in [2.75, 3.05) is 62.0 Å². The highest BCUT2D eigenvalue weighted by molar-refractivity contribution is 8.70. The van der Waals surface area contributed by atoms with Crippen LogP contribution in [0.5, 0.6) is 0 Å². The van der Waals surface area contributed by atoms with Crippen molar-refractivity contribution in [1.82, 2.24) is 4.90 Å². The number of ether oxygens (including phenoxy) is 1. The maximum atomic E-state index is 12.4. The highest BCUT2D eigenvalue weighted by Gasteiger charge is 2.59. The Hall–Kier alpha value is -2.60. The van der Waals surface area contributed by atoms with E-state index in [4.69, 9.17) is 9.73 Å². The molecule has 1 atom stereocenters. The zero-order chi connectivity index (χ0) is 26.3. The largest absolute Gasteiger partial charge is 0.368 e. The van der Waals surface area contributed by atoms with Crippen LogP contribution < -0.4 is 9.80 Å². The fourth-order valence-electron chi connectivity index (χ4n) is 5.44. The molecular weight excluding hydrogens is 512 g/mol. The summed E-state index contributed by atoms with van der Waals surface area (Å²) in [5.41, 5.74) is 3.54. The molecule has 2 aromatic carbocycles. The number of hydrogen-bond acceptors (Lipinski definition) is 9. The Balaban J connectivity index is 1.22. The molecule has 3 heterocycles. The molecule has 9 nitrogen and oxygen atoms in total. The average molecular weight is 545 g/mol. The lowest BCUT2D eigenvalue weighted by Crippen LogP contribution is -2.54. The zero-order valence-electron chi connectivity index (χ0n) is 21.3. The number of nitrogens with zero attached hydrogens (tertiary/aromatic N) is 4. The minimum Gasteiger partial charge on any atom is -0.368 e. The molecule has 3 aliphatic heterocycles. The van der Waals surface area contributed by atoms with Crippen molar-refractivity contribution >= 4 is 49.1 Å². The molecule has 198 valence electrons. The minimum absolute atomic E-state index is 0.145. The van der Waals surface area contributed by atoms with Gasteiger partial charge in [0.2, 0.25) is 5.91 Å². The Morgan fingerprint density at radius 3 is 2.49 bits per heavy atom. The third-order valence-electron chi connectivity index (χ3n) is 7.57. The number of amides is 1. The number of aliphatic imine (C=N–C) groups is 1. The molecular formula is C26H32N4O5S2. The number of para-hydroxylation sites is 1. The Kier molecular flexibility index (Phi) is 6.99. The highest BCUT2D eigenvalue weighted by Crippen LogP contribution is 2.53. The molecule has 0 aliphatic carbocycles. The molecule has 0 aromatic heterocycles. The molecule has 0 spiro atoms. The summed E-state index contributed by atoms with van der Waals surface area (Å²) in [5, 5.41) is 0. The molecule has 1 unspecified atom stereocenters. The van der Waals surface area contributed by atoms with Gasteiger partial charge in [0.05, 0.1) is 31.4 Å². The molecule has 0 bridgehead atoms. The summed E-state index contributed by atoms with van der Waals surface area (Å²) in [6, 6.07) is 16.6. The van der Waals surface area contributed by atoms with Crippen molar-refractivity contribution in [2.45, 2.75) is 25.0 Å². The van der Waals surface area contributed by atoms with E-state index in [0.717, 1.165) is 25.0 Å². The smallest absolute Gasteiger partial charge is 0.322 e. The van der Waals surface area contributed by atoms with Gasteiger partial charge in [-0.3, -0.25) is 14.0 Å². The van der Waals surface area contributed by atoms with Crippen molar-refractivity contribution in [1.29, 1.82) is 0 Å². The lowest BCUT2D eigenvalue weighted by Gasteiger charge is -2.38. The van der Waals surface area contributed by atoms with Crippen LogP contribution in [0, 0.1) is 0 Å². The molecule has 5 rings (SSSR count). The van der Waals surface area contributed by atoms with Gasteiger partial charge < -0.3 is 19.4 Å². The average Bonchev–Trinajstić information content (AvgIpc) is 3.43. The monoisotopic (exact) mass is 544 g/mol. The van der Waals surface area contributed by atoms with E-state index in [1.54, 1.807) is 4.90 Å².